The molecule has 0 bridgehead atoms. The minimum absolute atomic E-state index is 1.27. The average molecular weight is 611 g/mol. The van der Waals surface area contributed by atoms with Crippen molar-refractivity contribution in [3.8, 4) is 0 Å². The van der Waals surface area contributed by atoms with Crippen molar-refractivity contribution in [3.63, 3.8) is 0 Å². The second-order valence-corrected chi connectivity index (χ2v) is 13.8. The predicted octanol–water partition coefficient (Wildman–Crippen LogP) is 11.3. The Morgan fingerprint density at radius 3 is 1.15 bits per heavy atom. The number of aryl methyl sites for hydroxylation is 2. The molecule has 4 nitrogen and oxygen atoms in total. The van der Waals surface area contributed by atoms with E-state index in [0.29, 0.717) is 0 Å². The van der Waals surface area contributed by atoms with Crippen LogP contribution < -0.4 is 0 Å². The number of aromatic nitrogens is 4. The number of benzene rings is 7. The van der Waals surface area contributed by atoms with E-state index >= 15 is 0 Å². The van der Waals surface area contributed by atoms with Crippen LogP contribution in [0.15, 0.2) is 121 Å². The molecular weight excluding hydrogens is 585 g/mol. The first-order valence-electron chi connectivity index (χ1n) is 16.7. The Morgan fingerprint density at radius 1 is 0.292 bits per heavy atom. The highest BCUT2D eigenvalue weighted by Crippen LogP contribution is 2.48. The number of fused-ring (bicyclic) bond motifs is 20. The maximum Gasteiger partial charge on any atom is 0.0620 e. The van der Waals surface area contributed by atoms with Crippen LogP contribution in [0.5, 0.6) is 0 Å². The molecule has 6 heterocycles. The van der Waals surface area contributed by atoms with Gasteiger partial charge < -0.3 is 17.9 Å². The number of hydrogen-bond donors (Lipinski definition) is 0. The number of hydrogen-bond acceptors (Lipinski definition) is 0. The molecule has 7 aromatic carbocycles. The third kappa shape index (κ3) is 2.40. The summed E-state index contributed by atoms with van der Waals surface area (Å²) in [6.45, 7) is 0. The standard InChI is InChI=1S/C44H26N4/c1-45-31-15-5-3-9-25(31)39-33(45)17-19-35-41(39)27-13-7-11-23-29-22-38-30(21-37(29)47(35)43(23)27)24-12-8-14-28-42-36(48(38)44(24)28)20-18-34-40(42)26-10-4-6-16-32(26)46(34)2/h3-22H,1-2H3. The molecule has 222 valence electrons. The lowest BCUT2D eigenvalue weighted by atomic mass is 10.0. The summed E-state index contributed by atoms with van der Waals surface area (Å²) in [6.07, 6.45) is 0. The Morgan fingerprint density at radius 2 is 0.667 bits per heavy atom. The van der Waals surface area contributed by atoms with Crippen LogP contribution >= 0.6 is 0 Å². The van der Waals surface area contributed by atoms with E-state index < -0.39 is 0 Å². The SMILES string of the molecule is Cn1c2ccccc2c2c3c4cccc5c6cc7c(cc6n(c3ccc21)c54)c1cccc2c3c4c5ccccc5n(C)c4ccc3n7c12. The van der Waals surface area contributed by atoms with Crippen LogP contribution in [-0.2, 0) is 14.1 Å². The van der Waals surface area contributed by atoms with Gasteiger partial charge in [0.05, 0.1) is 33.1 Å². The normalized spacial score (nSPS) is 13.2. The van der Waals surface area contributed by atoms with Crippen molar-refractivity contribution >= 4 is 120 Å². The second-order valence-electron chi connectivity index (χ2n) is 13.8. The lowest BCUT2D eigenvalue weighted by molar-refractivity contribution is 1.01. The molecule has 0 saturated carbocycles. The molecule has 0 aliphatic carbocycles. The third-order valence-corrected chi connectivity index (χ3v) is 11.8. The summed E-state index contributed by atoms with van der Waals surface area (Å²) < 4.78 is 9.77. The van der Waals surface area contributed by atoms with Crippen molar-refractivity contribution in [2.24, 2.45) is 14.1 Å². The summed E-state index contributed by atoms with van der Waals surface area (Å²) >= 11 is 0. The van der Waals surface area contributed by atoms with Crippen LogP contribution in [0, 0.1) is 0 Å². The maximum absolute atomic E-state index is 2.54. The molecule has 13 aromatic rings. The zero-order chi connectivity index (χ0) is 31.2. The largest absolute Gasteiger partial charge is 0.344 e. The maximum atomic E-state index is 2.54. The quantitative estimate of drug-likeness (QED) is 0.163. The van der Waals surface area contributed by atoms with Crippen LogP contribution in [0.3, 0.4) is 0 Å². The van der Waals surface area contributed by atoms with Gasteiger partial charge in [-0.25, -0.2) is 0 Å². The molecule has 0 spiro atoms. The molecule has 0 amide bonds. The van der Waals surface area contributed by atoms with Crippen LogP contribution in [0.1, 0.15) is 0 Å². The molecule has 4 heteroatoms. The summed E-state index contributed by atoms with van der Waals surface area (Å²) in [4.78, 5) is 0. The Hall–Kier alpha value is -6.26. The van der Waals surface area contributed by atoms with Crippen LogP contribution in [0.2, 0.25) is 0 Å². The molecule has 0 aliphatic rings. The molecule has 0 radical (unpaired) electrons. The van der Waals surface area contributed by atoms with Gasteiger partial charge in [0.25, 0.3) is 0 Å². The van der Waals surface area contributed by atoms with Gasteiger partial charge >= 0.3 is 0 Å². The Kier molecular flexibility index (Phi) is 3.82. The monoisotopic (exact) mass is 610 g/mol. The Balaban J connectivity index is 1.24. The summed E-state index contributed by atoms with van der Waals surface area (Å²) in [5.41, 5.74) is 12.8. The highest BCUT2D eigenvalue weighted by molar-refractivity contribution is 6.36. The van der Waals surface area contributed by atoms with Crippen LogP contribution in [0.4, 0.5) is 0 Å². The van der Waals surface area contributed by atoms with Crippen LogP contribution in [0.25, 0.3) is 120 Å². The Bertz CT molecular complexity index is 3340. The van der Waals surface area contributed by atoms with E-state index in [1.54, 1.807) is 0 Å². The lowest BCUT2D eigenvalue weighted by Gasteiger charge is -2.04. The lowest BCUT2D eigenvalue weighted by Crippen LogP contribution is -1.87. The number of para-hydroxylation sites is 4. The van der Waals surface area contributed by atoms with Crippen molar-refractivity contribution in [2.75, 3.05) is 0 Å². The second kappa shape index (κ2) is 7.64. The van der Waals surface area contributed by atoms with Crippen molar-refractivity contribution in [1.82, 2.24) is 17.9 Å². The first-order valence-corrected chi connectivity index (χ1v) is 16.7. The Labute approximate surface area is 272 Å². The molecule has 0 unspecified atom stereocenters. The van der Waals surface area contributed by atoms with Gasteiger partial charge in [-0.05, 0) is 48.5 Å². The van der Waals surface area contributed by atoms with Gasteiger partial charge in [0.15, 0.2) is 0 Å². The van der Waals surface area contributed by atoms with E-state index in [0.717, 1.165) is 0 Å². The van der Waals surface area contributed by atoms with E-state index in [-0.39, 0.29) is 0 Å². The van der Waals surface area contributed by atoms with Gasteiger partial charge in [0, 0.05) is 101 Å². The molecule has 0 N–H and O–H groups in total. The van der Waals surface area contributed by atoms with Gasteiger partial charge in [0.2, 0.25) is 0 Å². The van der Waals surface area contributed by atoms with E-state index in [9.17, 15) is 0 Å². The van der Waals surface area contributed by atoms with Crippen molar-refractivity contribution in [2.45, 2.75) is 0 Å². The van der Waals surface area contributed by atoms with Crippen molar-refractivity contribution < 1.29 is 0 Å². The van der Waals surface area contributed by atoms with Gasteiger partial charge in [-0.3, -0.25) is 0 Å². The zero-order valence-corrected chi connectivity index (χ0v) is 26.3. The van der Waals surface area contributed by atoms with E-state index in [2.05, 4.69) is 153 Å². The molecular formula is C44H26N4. The fourth-order valence-corrected chi connectivity index (χ4v) is 9.92. The number of nitrogens with zero attached hydrogens (tertiary/aromatic N) is 4. The molecule has 0 aliphatic heterocycles. The third-order valence-electron chi connectivity index (χ3n) is 11.8. The van der Waals surface area contributed by atoms with Crippen molar-refractivity contribution in [1.29, 1.82) is 0 Å². The summed E-state index contributed by atoms with van der Waals surface area (Å²) in [7, 11) is 4.38. The average Bonchev–Trinajstić information content (AvgIpc) is 3.94. The topological polar surface area (TPSA) is 18.7 Å². The number of rotatable bonds is 0. The molecule has 0 atom stereocenters. The first-order chi connectivity index (χ1) is 23.7. The van der Waals surface area contributed by atoms with Gasteiger partial charge in [0.1, 0.15) is 0 Å². The minimum Gasteiger partial charge on any atom is -0.344 e. The van der Waals surface area contributed by atoms with Gasteiger partial charge in [-0.1, -0.05) is 72.8 Å². The highest BCUT2D eigenvalue weighted by Gasteiger charge is 2.25. The molecule has 0 fully saturated rings. The van der Waals surface area contributed by atoms with Crippen molar-refractivity contribution in [3.05, 3.63) is 121 Å². The fourth-order valence-electron chi connectivity index (χ4n) is 9.92. The van der Waals surface area contributed by atoms with Gasteiger partial charge in [-0.15, -0.1) is 0 Å². The highest BCUT2D eigenvalue weighted by atomic mass is 15.0. The van der Waals surface area contributed by atoms with Crippen LogP contribution in [-0.4, -0.2) is 17.9 Å². The molecule has 48 heavy (non-hydrogen) atoms. The van der Waals surface area contributed by atoms with Gasteiger partial charge in [-0.2, -0.15) is 0 Å². The molecule has 6 aromatic heterocycles. The first kappa shape index (κ1) is 24.0. The van der Waals surface area contributed by atoms with E-state index in [4.69, 9.17) is 0 Å². The summed E-state index contributed by atoms with van der Waals surface area (Å²) in [6, 6.07) is 45.7. The summed E-state index contributed by atoms with van der Waals surface area (Å²) in [5.74, 6) is 0. The molecule has 13 rings (SSSR count). The minimum atomic E-state index is 1.27. The fraction of sp³-hybridized carbons (Fsp3) is 0.0455. The molecule has 0 saturated heterocycles. The van der Waals surface area contributed by atoms with E-state index in [1.807, 2.05) is 0 Å². The summed E-state index contributed by atoms with van der Waals surface area (Å²) in [5, 5.41) is 15.9. The smallest absolute Gasteiger partial charge is 0.0620 e. The zero-order valence-electron chi connectivity index (χ0n) is 26.3. The van der Waals surface area contributed by atoms with E-state index in [1.165, 1.54) is 120 Å². The predicted molar refractivity (Wildman–Crippen MR) is 204 cm³/mol.